The van der Waals surface area contributed by atoms with Crippen LogP contribution >= 0.6 is 11.6 Å². The summed E-state index contributed by atoms with van der Waals surface area (Å²) in [6.45, 7) is 3.15. The number of nitrogens with zero attached hydrogens (tertiary/aromatic N) is 2. The molecule has 2 rings (SSSR count). The van der Waals surface area contributed by atoms with Crippen molar-refractivity contribution in [1.29, 1.82) is 0 Å². The average Bonchev–Trinajstić information content (AvgIpc) is 2.69. The van der Waals surface area contributed by atoms with Gasteiger partial charge in [0.1, 0.15) is 5.82 Å². The molecule has 17 heavy (non-hydrogen) atoms. The number of rotatable bonds is 3. The highest BCUT2D eigenvalue weighted by atomic mass is 35.5. The van der Waals surface area contributed by atoms with Gasteiger partial charge in [-0.2, -0.15) is 0 Å². The van der Waals surface area contributed by atoms with Gasteiger partial charge in [0, 0.05) is 6.54 Å². The zero-order chi connectivity index (χ0) is 12.1. The first-order valence-corrected chi connectivity index (χ1v) is 6.36. The largest absolute Gasteiger partial charge is 0.327 e. The third-order valence-electron chi connectivity index (χ3n) is 2.62. The number of benzene rings is 1. The van der Waals surface area contributed by atoms with Gasteiger partial charge in [0.25, 0.3) is 0 Å². The molecule has 1 heterocycles. The van der Waals surface area contributed by atoms with Crippen LogP contribution in [0.2, 0.25) is 0 Å². The van der Waals surface area contributed by atoms with Crippen LogP contribution in [0.1, 0.15) is 19.2 Å². The molecule has 0 N–H and O–H groups in total. The quantitative estimate of drug-likeness (QED) is 0.601. The van der Waals surface area contributed by atoms with Crippen molar-refractivity contribution < 1.29 is 0 Å². The first-order chi connectivity index (χ1) is 8.36. The summed E-state index contributed by atoms with van der Waals surface area (Å²) >= 11 is 5.55. The number of hydrogen-bond acceptors (Lipinski definition) is 1. The lowest BCUT2D eigenvalue weighted by Crippen LogP contribution is -2.02. The molecular formula is C14H15ClN2. The van der Waals surface area contributed by atoms with Crippen molar-refractivity contribution in [2.45, 2.75) is 26.3 Å². The van der Waals surface area contributed by atoms with Crippen molar-refractivity contribution >= 4 is 22.6 Å². The highest BCUT2D eigenvalue weighted by Gasteiger charge is 2.07. The Labute approximate surface area is 107 Å². The molecule has 0 radical (unpaired) electrons. The first-order valence-electron chi connectivity index (χ1n) is 5.82. The van der Waals surface area contributed by atoms with E-state index >= 15 is 0 Å². The van der Waals surface area contributed by atoms with E-state index in [1.165, 1.54) is 5.52 Å². The Morgan fingerprint density at radius 2 is 2.12 bits per heavy atom. The monoisotopic (exact) mass is 246 g/mol. The lowest BCUT2D eigenvalue weighted by atomic mass is 10.3. The fraction of sp³-hybridized carbons (Fsp3) is 0.357. The molecule has 0 aliphatic heterocycles. The molecule has 0 atom stereocenters. The van der Waals surface area contributed by atoms with E-state index < -0.39 is 0 Å². The summed E-state index contributed by atoms with van der Waals surface area (Å²) in [7, 11) is 0. The van der Waals surface area contributed by atoms with E-state index in [9.17, 15) is 0 Å². The van der Waals surface area contributed by atoms with Crippen LogP contribution in [0.4, 0.5) is 0 Å². The molecule has 0 bridgehead atoms. The Hall–Kier alpha value is -1.46. The Kier molecular flexibility index (Phi) is 4.06. The van der Waals surface area contributed by atoms with Crippen molar-refractivity contribution in [3.05, 3.63) is 30.1 Å². The summed E-state index contributed by atoms with van der Waals surface area (Å²) in [4.78, 5) is 4.62. The topological polar surface area (TPSA) is 17.8 Å². The van der Waals surface area contributed by atoms with Crippen molar-refractivity contribution in [3.63, 3.8) is 0 Å². The molecule has 0 unspecified atom stereocenters. The van der Waals surface area contributed by atoms with Crippen LogP contribution in [0.15, 0.2) is 24.3 Å². The van der Waals surface area contributed by atoms with E-state index in [0.717, 1.165) is 24.3 Å². The maximum atomic E-state index is 5.55. The van der Waals surface area contributed by atoms with E-state index in [0.29, 0.717) is 12.3 Å². The van der Waals surface area contributed by atoms with E-state index in [1.54, 1.807) is 0 Å². The van der Waals surface area contributed by atoms with E-state index in [-0.39, 0.29) is 0 Å². The fourth-order valence-corrected chi connectivity index (χ4v) is 2.02. The highest BCUT2D eigenvalue weighted by molar-refractivity contribution is 6.19. The van der Waals surface area contributed by atoms with Crippen LogP contribution in [0.5, 0.6) is 0 Å². The Morgan fingerprint density at radius 1 is 1.29 bits per heavy atom. The van der Waals surface area contributed by atoms with Crippen molar-refractivity contribution in [2.75, 3.05) is 5.88 Å². The van der Waals surface area contributed by atoms with Gasteiger partial charge in [0.2, 0.25) is 0 Å². The van der Waals surface area contributed by atoms with Gasteiger partial charge in [-0.15, -0.1) is 11.6 Å². The summed E-state index contributed by atoms with van der Waals surface area (Å²) in [6, 6.07) is 8.21. The second-order valence-electron chi connectivity index (χ2n) is 3.83. The Morgan fingerprint density at radius 3 is 2.88 bits per heavy atom. The molecule has 1 aromatic carbocycles. The minimum atomic E-state index is 0.383. The fourth-order valence-electron chi connectivity index (χ4n) is 1.92. The maximum absolute atomic E-state index is 5.55. The number of imidazole rings is 1. The third-order valence-corrected chi connectivity index (χ3v) is 2.75. The first kappa shape index (κ1) is 12.0. The smallest absolute Gasteiger partial charge is 0.121 e. The summed E-state index contributed by atoms with van der Waals surface area (Å²) in [5.74, 6) is 7.33. The minimum absolute atomic E-state index is 0.383. The van der Waals surface area contributed by atoms with Gasteiger partial charge in [-0.25, -0.2) is 4.98 Å². The van der Waals surface area contributed by atoms with Gasteiger partial charge in [0.05, 0.1) is 23.3 Å². The number of fused-ring (bicyclic) bond motifs is 1. The van der Waals surface area contributed by atoms with Crippen molar-refractivity contribution in [3.8, 4) is 11.8 Å². The molecule has 0 saturated heterocycles. The summed E-state index contributed by atoms with van der Waals surface area (Å²) < 4.78 is 2.25. The molecule has 0 aliphatic rings. The van der Waals surface area contributed by atoms with Crippen LogP contribution in [0, 0.1) is 11.8 Å². The second kappa shape index (κ2) is 5.75. The lowest BCUT2D eigenvalue weighted by Gasteiger charge is -2.04. The molecule has 0 saturated carbocycles. The number of hydrogen-bond donors (Lipinski definition) is 0. The molecule has 1 aromatic heterocycles. The Bertz CT molecular complexity index is 560. The normalized spacial score (nSPS) is 10.2. The summed E-state index contributed by atoms with van der Waals surface area (Å²) in [5, 5.41) is 0. The highest BCUT2D eigenvalue weighted by Crippen LogP contribution is 2.16. The predicted molar refractivity (Wildman–Crippen MR) is 72.2 cm³/mol. The molecule has 88 valence electrons. The van der Waals surface area contributed by atoms with Gasteiger partial charge in [0.15, 0.2) is 0 Å². The molecule has 0 aliphatic carbocycles. The zero-order valence-electron chi connectivity index (χ0n) is 9.91. The number of aryl methyl sites for hydroxylation is 1. The molecule has 0 spiro atoms. The zero-order valence-corrected chi connectivity index (χ0v) is 10.7. The van der Waals surface area contributed by atoms with Gasteiger partial charge in [-0.1, -0.05) is 30.9 Å². The van der Waals surface area contributed by atoms with Crippen LogP contribution in [0.25, 0.3) is 11.0 Å². The molecule has 2 aromatic rings. The standard InChI is InChI=1S/C14H15ClN2/c1-2-11-17-13-8-4-3-7-12(13)16-14(17)9-5-6-10-15/h3-4,7-8H,2,9-11H2,1H3. The molecule has 2 nitrogen and oxygen atoms in total. The van der Waals surface area contributed by atoms with Crippen LogP contribution < -0.4 is 0 Å². The van der Waals surface area contributed by atoms with Crippen LogP contribution in [-0.4, -0.2) is 15.4 Å². The lowest BCUT2D eigenvalue weighted by molar-refractivity contribution is 0.668. The van der Waals surface area contributed by atoms with E-state index in [2.05, 4.69) is 34.4 Å². The van der Waals surface area contributed by atoms with Crippen molar-refractivity contribution in [2.24, 2.45) is 0 Å². The second-order valence-corrected chi connectivity index (χ2v) is 4.10. The van der Waals surface area contributed by atoms with Gasteiger partial charge in [-0.05, 0) is 18.6 Å². The molecule has 3 heteroatoms. The number of halogens is 1. The van der Waals surface area contributed by atoms with Gasteiger partial charge < -0.3 is 4.57 Å². The summed E-state index contributed by atoms with van der Waals surface area (Å²) in [6.07, 6.45) is 1.76. The van der Waals surface area contributed by atoms with Crippen LogP contribution in [-0.2, 0) is 13.0 Å². The number of aromatic nitrogens is 2. The van der Waals surface area contributed by atoms with Gasteiger partial charge in [-0.3, -0.25) is 0 Å². The summed E-state index contributed by atoms with van der Waals surface area (Å²) in [5.41, 5.74) is 2.24. The van der Waals surface area contributed by atoms with Gasteiger partial charge >= 0.3 is 0 Å². The SMILES string of the molecule is CCCn1c(CC#CCCl)nc2ccccc21. The van der Waals surface area contributed by atoms with Crippen molar-refractivity contribution in [1.82, 2.24) is 9.55 Å². The molecular weight excluding hydrogens is 232 g/mol. The molecule has 0 fully saturated rings. The number of para-hydroxylation sites is 2. The van der Waals surface area contributed by atoms with E-state index in [1.807, 2.05) is 18.2 Å². The average molecular weight is 247 g/mol. The minimum Gasteiger partial charge on any atom is -0.327 e. The number of alkyl halides is 1. The predicted octanol–water partition coefficient (Wildman–Crippen LogP) is 3.23. The van der Waals surface area contributed by atoms with Crippen LogP contribution in [0.3, 0.4) is 0 Å². The maximum Gasteiger partial charge on any atom is 0.121 e. The van der Waals surface area contributed by atoms with E-state index in [4.69, 9.17) is 11.6 Å². The molecule has 0 amide bonds. The third kappa shape index (κ3) is 2.62. The Balaban J connectivity index is 2.42.